The number of aryl methyl sites for hydroxylation is 1. The van der Waals surface area contributed by atoms with E-state index in [1.165, 1.54) is 62.0 Å². The lowest BCUT2D eigenvalue weighted by molar-refractivity contribution is -0.150. The van der Waals surface area contributed by atoms with E-state index >= 15 is 0 Å². The Hall–Kier alpha value is -3.02. The number of carbonyl (C=O) groups is 4. The molecule has 0 radical (unpaired) electrons. The van der Waals surface area contributed by atoms with Gasteiger partial charge in [0.2, 0.25) is 6.61 Å². The topological polar surface area (TPSA) is 184 Å². The van der Waals surface area contributed by atoms with E-state index in [1.807, 2.05) is 6.92 Å². The number of nitrogens with one attached hydrogen (secondary N) is 1. The summed E-state index contributed by atoms with van der Waals surface area (Å²) in [6.07, 6.45) is 0. The van der Waals surface area contributed by atoms with E-state index in [2.05, 4.69) is 25.7 Å². The van der Waals surface area contributed by atoms with Crippen molar-refractivity contribution in [2.24, 2.45) is 5.16 Å². The van der Waals surface area contributed by atoms with Crippen LogP contribution in [0.1, 0.15) is 10.7 Å². The maximum atomic E-state index is 12.9. The first-order valence-electron chi connectivity index (χ1n) is 9.70. The Kier molecular flexibility index (Phi) is 7.68. The normalized spacial score (nSPS) is 19.7. The van der Waals surface area contributed by atoms with Gasteiger partial charge in [0.25, 0.3) is 11.8 Å². The molecule has 2 aromatic rings. The first kappa shape index (κ1) is 25.1. The number of rotatable bonds is 10. The molecular formula is C18H16N6O7S4. The largest absolute Gasteiger partial charge is 0.479 e. The van der Waals surface area contributed by atoms with E-state index in [9.17, 15) is 24.3 Å². The summed E-state index contributed by atoms with van der Waals surface area (Å²) in [5.41, 5.74) is 1.78. The van der Waals surface area contributed by atoms with E-state index in [-0.39, 0.29) is 17.1 Å². The summed E-state index contributed by atoms with van der Waals surface area (Å²) in [6, 6.07) is -0.995. The Balaban J connectivity index is 1.47. The molecular weight excluding hydrogens is 541 g/mol. The Morgan fingerprint density at radius 3 is 2.77 bits per heavy atom. The molecule has 1 fully saturated rings. The zero-order valence-corrected chi connectivity index (χ0v) is 21.0. The predicted molar refractivity (Wildman–Crippen MR) is 127 cm³/mol. The molecule has 3 N–H and O–H groups in total. The van der Waals surface area contributed by atoms with Gasteiger partial charge < -0.3 is 20.4 Å². The van der Waals surface area contributed by atoms with Crippen molar-refractivity contribution in [1.82, 2.24) is 25.4 Å². The van der Waals surface area contributed by atoms with Gasteiger partial charge in [0, 0.05) is 16.9 Å². The van der Waals surface area contributed by atoms with Gasteiger partial charge in [-0.15, -0.1) is 33.3 Å². The van der Waals surface area contributed by atoms with Crippen LogP contribution in [0.3, 0.4) is 0 Å². The molecule has 4 rings (SSSR count). The summed E-state index contributed by atoms with van der Waals surface area (Å²) in [7, 11) is 0. The Bertz CT molecular complexity index is 1230. The molecule has 1 saturated heterocycles. The number of hydrogen-bond donors (Lipinski definition) is 3. The van der Waals surface area contributed by atoms with Gasteiger partial charge >= 0.3 is 11.9 Å². The van der Waals surface area contributed by atoms with Crippen LogP contribution in [-0.2, 0) is 24.0 Å². The van der Waals surface area contributed by atoms with Crippen LogP contribution in [0, 0.1) is 6.92 Å². The molecule has 2 aliphatic rings. The second-order valence-electron chi connectivity index (χ2n) is 6.97. The molecule has 184 valence electrons. The number of carbonyl (C=O) groups excluding carboxylic acids is 2. The third-order valence-electron chi connectivity index (χ3n) is 4.65. The van der Waals surface area contributed by atoms with Crippen LogP contribution < -0.4 is 5.32 Å². The minimum Gasteiger partial charge on any atom is -0.479 e. The highest BCUT2D eigenvalue weighted by molar-refractivity contribution is 8.01. The maximum absolute atomic E-state index is 12.9. The number of carboxylic acid groups (broad SMARTS) is 2. The summed E-state index contributed by atoms with van der Waals surface area (Å²) in [5, 5.41) is 34.3. The average Bonchev–Trinajstić information content (AvgIpc) is 3.49. The van der Waals surface area contributed by atoms with Crippen molar-refractivity contribution in [1.29, 1.82) is 0 Å². The summed E-state index contributed by atoms with van der Waals surface area (Å²) in [4.78, 5) is 58.3. The van der Waals surface area contributed by atoms with Gasteiger partial charge in [-0.05, 0) is 12.5 Å². The molecule has 2 aromatic heterocycles. The monoisotopic (exact) mass is 556 g/mol. The lowest BCUT2D eigenvalue weighted by Crippen LogP contribution is -2.71. The molecule has 4 heterocycles. The molecule has 35 heavy (non-hydrogen) atoms. The fraction of sp³-hybridized carbons (Fsp3) is 0.333. The Morgan fingerprint density at radius 1 is 1.34 bits per heavy atom. The zero-order valence-electron chi connectivity index (χ0n) is 17.7. The van der Waals surface area contributed by atoms with Gasteiger partial charge in [-0.2, -0.15) is 0 Å². The van der Waals surface area contributed by atoms with Crippen molar-refractivity contribution in [3.8, 4) is 0 Å². The molecule has 0 aromatic carbocycles. The standard InChI is InChI=1S/C18H16N6O7S4/c1-7-21-22-18(35-7)34-4-8-3-33-16-12(15(28)24(16)13(8)17(29)30)20-14(27)11(9-5-32-6-19-9)23-31-2-10(25)26/h5-6,12,16H,2-4H2,1H3,(H,20,27)(H,25,26)(H,29,30)/b23-11-/t12?,16-/m1/s1. The molecule has 13 nitrogen and oxygen atoms in total. The fourth-order valence-corrected chi connectivity index (χ4v) is 7.01. The molecule has 17 heteroatoms. The van der Waals surface area contributed by atoms with Crippen LogP contribution >= 0.6 is 46.2 Å². The van der Waals surface area contributed by atoms with E-state index < -0.39 is 41.8 Å². The SMILES string of the molecule is Cc1nnc(SCC2=C(C(=O)O)N3C(=O)C(NC(=O)/C(=N\OCC(=O)O)c4cscn4)[C@H]3SC2)s1. The number of amides is 2. The molecule has 0 bridgehead atoms. The van der Waals surface area contributed by atoms with Gasteiger partial charge in [-0.25, -0.2) is 14.6 Å². The van der Waals surface area contributed by atoms with Crippen LogP contribution in [0.5, 0.6) is 0 Å². The van der Waals surface area contributed by atoms with Crippen LogP contribution in [0.25, 0.3) is 0 Å². The number of carboxylic acids is 2. The molecule has 1 unspecified atom stereocenters. The predicted octanol–water partition coefficient (Wildman–Crippen LogP) is 0.639. The number of fused-ring (bicyclic) bond motifs is 1. The number of hydrogen-bond acceptors (Lipinski definition) is 13. The average molecular weight is 557 g/mol. The van der Waals surface area contributed by atoms with Crippen LogP contribution in [0.4, 0.5) is 0 Å². The third-order valence-corrected chi connectivity index (χ3v) is 8.63. The minimum atomic E-state index is -1.28. The number of β-lactam (4-membered cyclic amide) rings is 1. The highest BCUT2D eigenvalue weighted by Crippen LogP contribution is 2.41. The first-order valence-corrected chi connectivity index (χ1v) is 13.5. The quantitative estimate of drug-likeness (QED) is 0.161. The number of nitrogens with zero attached hydrogens (tertiary/aromatic N) is 5. The lowest BCUT2D eigenvalue weighted by atomic mass is 10.0. The molecule has 2 amide bonds. The van der Waals surface area contributed by atoms with Crippen molar-refractivity contribution < 1.29 is 34.2 Å². The second-order valence-corrected chi connectivity index (χ2v) is 11.2. The lowest BCUT2D eigenvalue weighted by Gasteiger charge is -2.49. The van der Waals surface area contributed by atoms with E-state index in [1.54, 1.807) is 0 Å². The molecule has 0 spiro atoms. The van der Waals surface area contributed by atoms with Crippen molar-refractivity contribution in [2.75, 3.05) is 18.1 Å². The minimum absolute atomic E-state index is 0.101. The molecule has 0 saturated carbocycles. The highest BCUT2D eigenvalue weighted by Gasteiger charge is 2.54. The second kappa shape index (κ2) is 10.7. The van der Waals surface area contributed by atoms with Crippen molar-refractivity contribution in [3.05, 3.63) is 32.9 Å². The van der Waals surface area contributed by atoms with Gasteiger partial charge in [-0.3, -0.25) is 14.5 Å². The number of thioether (sulfide) groups is 2. The van der Waals surface area contributed by atoms with Gasteiger partial charge in [0.05, 0.1) is 5.51 Å². The smallest absolute Gasteiger partial charge is 0.352 e. The maximum Gasteiger partial charge on any atom is 0.352 e. The summed E-state index contributed by atoms with van der Waals surface area (Å²) >= 11 is 5.26. The first-order chi connectivity index (χ1) is 16.8. The summed E-state index contributed by atoms with van der Waals surface area (Å²) in [5.74, 6) is -3.21. The van der Waals surface area contributed by atoms with Gasteiger partial charge in [0.15, 0.2) is 10.1 Å². The Labute approximate surface area is 213 Å². The van der Waals surface area contributed by atoms with Crippen molar-refractivity contribution >= 4 is 75.7 Å². The number of oxime groups is 1. The third kappa shape index (κ3) is 5.47. The summed E-state index contributed by atoms with van der Waals surface area (Å²) < 4.78 is 0.700. The number of thiazole rings is 1. The number of aliphatic carboxylic acids is 2. The van der Waals surface area contributed by atoms with Crippen LogP contribution in [0.15, 0.2) is 31.7 Å². The highest BCUT2D eigenvalue weighted by atomic mass is 32.2. The fourth-order valence-electron chi connectivity index (χ4n) is 3.18. The molecule has 0 aliphatic carbocycles. The van der Waals surface area contributed by atoms with Crippen molar-refractivity contribution in [3.63, 3.8) is 0 Å². The van der Waals surface area contributed by atoms with E-state index in [0.717, 1.165) is 5.01 Å². The van der Waals surface area contributed by atoms with Crippen LogP contribution in [-0.4, -0.2) is 89.3 Å². The van der Waals surface area contributed by atoms with Crippen LogP contribution in [0.2, 0.25) is 0 Å². The Morgan fingerprint density at radius 2 is 2.14 bits per heavy atom. The molecule has 2 atom stereocenters. The van der Waals surface area contributed by atoms with E-state index in [0.29, 0.717) is 21.4 Å². The van der Waals surface area contributed by atoms with Crippen molar-refractivity contribution in [2.45, 2.75) is 22.7 Å². The van der Waals surface area contributed by atoms with Gasteiger partial charge in [-0.1, -0.05) is 28.3 Å². The molecule has 2 aliphatic heterocycles. The number of aromatic nitrogens is 3. The van der Waals surface area contributed by atoms with E-state index in [4.69, 9.17) is 9.94 Å². The van der Waals surface area contributed by atoms with Gasteiger partial charge in [0.1, 0.15) is 27.8 Å². The summed E-state index contributed by atoms with van der Waals surface area (Å²) in [6.45, 7) is 1.06. The zero-order chi connectivity index (χ0) is 25.1.